The lowest BCUT2D eigenvalue weighted by Gasteiger charge is -2.10. The molecule has 6 heteroatoms. The van der Waals surface area contributed by atoms with Crippen LogP contribution in [0.4, 0.5) is 0 Å². The zero-order valence-corrected chi connectivity index (χ0v) is 10.2. The summed E-state index contributed by atoms with van der Waals surface area (Å²) >= 11 is 0. The molecule has 98 valence electrons. The van der Waals surface area contributed by atoms with Crippen LogP contribution in [0, 0.1) is 0 Å². The van der Waals surface area contributed by atoms with Crippen LogP contribution in [0.15, 0.2) is 32.0 Å². The Morgan fingerprint density at radius 2 is 1.89 bits per heavy atom. The van der Waals surface area contributed by atoms with Crippen LogP contribution in [0.1, 0.15) is 0 Å². The van der Waals surface area contributed by atoms with Gasteiger partial charge in [0.1, 0.15) is 22.3 Å². The zero-order chi connectivity index (χ0) is 13.6. The lowest BCUT2D eigenvalue weighted by atomic mass is 10.1. The fourth-order valence-electron chi connectivity index (χ4n) is 2.12. The van der Waals surface area contributed by atoms with Gasteiger partial charge in [-0.15, -0.1) is 0 Å². The minimum atomic E-state index is -0.877. The van der Waals surface area contributed by atoms with Gasteiger partial charge in [-0.05, 0) is 6.07 Å². The molecule has 2 heterocycles. The Balaban J connectivity index is 2.63. The van der Waals surface area contributed by atoms with Crippen LogP contribution in [0.3, 0.4) is 0 Å². The predicted molar refractivity (Wildman–Crippen MR) is 67.0 cm³/mol. The highest BCUT2D eigenvalue weighted by molar-refractivity contribution is 6.04. The summed E-state index contributed by atoms with van der Waals surface area (Å²) in [6.07, 6.45) is 1.50. The molecule has 3 aromatic rings. The van der Waals surface area contributed by atoms with Crippen molar-refractivity contribution in [2.24, 2.45) is 0 Å². The summed E-state index contributed by atoms with van der Waals surface area (Å²) in [6.45, 7) is 0. The van der Waals surface area contributed by atoms with Crippen molar-refractivity contribution in [1.82, 2.24) is 0 Å². The fourth-order valence-corrected chi connectivity index (χ4v) is 2.12. The first-order valence-corrected chi connectivity index (χ1v) is 5.45. The summed E-state index contributed by atoms with van der Waals surface area (Å²) in [4.78, 5) is 11.5. The smallest absolute Gasteiger partial charge is 0.382 e. The predicted octanol–water partition coefficient (Wildman–Crippen LogP) is 2.26. The molecule has 19 heavy (non-hydrogen) atoms. The Bertz CT molecular complexity index is 826. The summed E-state index contributed by atoms with van der Waals surface area (Å²) in [5.74, 6) is -0.153. The summed E-state index contributed by atoms with van der Waals surface area (Å²) in [6, 6.07) is 3.27. The first-order valence-electron chi connectivity index (χ1n) is 5.45. The van der Waals surface area contributed by atoms with Crippen molar-refractivity contribution in [2.75, 3.05) is 14.2 Å². The molecule has 0 saturated carbocycles. The third kappa shape index (κ3) is 1.46. The third-order valence-corrected chi connectivity index (χ3v) is 2.92. The minimum absolute atomic E-state index is 0.0196. The molecule has 1 N–H and O–H groups in total. The maximum absolute atomic E-state index is 11.5. The normalized spacial score (nSPS) is 11.1. The molecule has 0 bridgehead atoms. The van der Waals surface area contributed by atoms with Crippen molar-refractivity contribution in [1.29, 1.82) is 0 Å². The third-order valence-electron chi connectivity index (χ3n) is 2.92. The maximum atomic E-state index is 11.5. The number of methoxy groups -OCH3 is 2. The number of benzene rings is 1. The van der Waals surface area contributed by atoms with Gasteiger partial charge >= 0.3 is 5.63 Å². The van der Waals surface area contributed by atoms with E-state index >= 15 is 0 Å². The average Bonchev–Trinajstić information content (AvgIpc) is 2.86. The standard InChI is InChI=1S/C13H10O6/c1-16-11-6-3-4-18-7(6)5-8-9(11)12(17-2)10(14)13(15)19-8/h3-5,14H,1-2H3. The molecule has 0 spiro atoms. The van der Waals surface area contributed by atoms with Crippen molar-refractivity contribution >= 4 is 21.9 Å². The number of hydrogen-bond acceptors (Lipinski definition) is 6. The molecule has 0 aliphatic rings. The molecule has 0 amide bonds. The molecule has 0 unspecified atom stereocenters. The van der Waals surface area contributed by atoms with E-state index < -0.39 is 11.4 Å². The van der Waals surface area contributed by atoms with E-state index in [1.807, 2.05) is 0 Å². The van der Waals surface area contributed by atoms with Gasteiger partial charge in [-0.2, -0.15) is 0 Å². The van der Waals surface area contributed by atoms with Crippen LogP contribution < -0.4 is 15.1 Å². The van der Waals surface area contributed by atoms with Crippen LogP contribution in [-0.2, 0) is 0 Å². The van der Waals surface area contributed by atoms with Crippen LogP contribution in [0.2, 0.25) is 0 Å². The highest BCUT2D eigenvalue weighted by Crippen LogP contribution is 2.42. The van der Waals surface area contributed by atoms with Gasteiger partial charge in [0, 0.05) is 6.07 Å². The van der Waals surface area contributed by atoms with Crippen molar-refractivity contribution in [3.8, 4) is 17.2 Å². The number of furan rings is 1. The van der Waals surface area contributed by atoms with Crippen molar-refractivity contribution in [3.63, 3.8) is 0 Å². The monoisotopic (exact) mass is 262 g/mol. The van der Waals surface area contributed by atoms with Gasteiger partial charge in [0.15, 0.2) is 5.75 Å². The second-order valence-corrected chi connectivity index (χ2v) is 3.89. The summed E-state index contributed by atoms with van der Waals surface area (Å²) in [7, 11) is 2.83. The molecular weight excluding hydrogens is 252 g/mol. The van der Waals surface area contributed by atoms with Gasteiger partial charge in [-0.1, -0.05) is 0 Å². The van der Waals surface area contributed by atoms with Gasteiger partial charge in [-0.3, -0.25) is 0 Å². The number of fused-ring (bicyclic) bond motifs is 2. The largest absolute Gasteiger partial charge is 0.499 e. The lowest BCUT2D eigenvalue weighted by Crippen LogP contribution is -2.02. The maximum Gasteiger partial charge on any atom is 0.382 e. The Labute approximate surface area is 106 Å². The zero-order valence-electron chi connectivity index (χ0n) is 10.2. The molecule has 6 nitrogen and oxygen atoms in total. The van der Waals surface area contributed by atoms with E-state index in [1.165, 1.54) is 20.5 Å². The van der Waals surface area contributed by atoms with Gasteiger partial charge in [0.05, 0.1) is 25.9 Å². The van der Waals surface area contributed by atoms with E-state index in [4.69, 9.17) is 18.3 Å². The Hall–Kier alpha value is -2.63. The van der Waals surface area contributed by atoms with Crippen molar-refractivity contribution in [3.05, 3.63) is 28.8 Å². The summed E-state index contributed by atoms with van der Waals surface area (Å²) in [5, 5.41) is 10.8. The van der Waals surface area contributed by atoms with Gasteiger partial charge in [-0.25, -0.2) is 4.79 Å². The molecule has 0 radical (unpaired) electrons. The number of aromatic hydroxyl groups is 1. The topological polar surface area (TPSA) is 82.0 Å². The van der Waals surface area contributed by atoms with E-state index in [2.05, 4.69) is 0 Å². The Kier molecular flexibility index (Phi) is 2.38. The van der Waals surface area contributed by atoms with E-state index in [9.17, 15) is 9.90 Å². The Morgan fingerprint density at radius 1 is 1.16 bits per heavy atom. The minimum Gasteiger partial charge on any atom is -0.499 e. The molecule has 0 fully saturated rings. The molecule has 0 atom stereocenters. The molecule has 2 aromatic heterocycles. The van der Waals surface area contributed by atoms with E-state index in [0.717, 1.165) is 0 Å². The van der Waals surface area contributed by atoms with E-state index in [1.54, 1.807) is 12.1 Å². The van der Waals surface area contributed by atoms with Gasteiger partial charge in [0.2, 0.25) is 5.75 Å². The highest BCUT2D eigenvalue weighted by Gasteiger charge is 2.21. The first-order chi connectivity index (χ1) is 9.17. The Morgan fingerprint density at radius 3 is 2.58 bits per heavy atom. The molecule has 3 rings (SSSR count). The first kappa shape index (κ1) is 11.5. The number of hydrogen-bond donors (Lipinski definition) is 1. The van der Waals surface area contributed by atoms with E-state index in [0.29, 0.717) is 22.1 Å². The van der Waals surface area contributed by atoms with E-state index in [-0.39, 0.29) is 11.3 Å². The summed E-state index contributed by atoms with van der Waals surface area (Å²) < 4.78 is 20.7. The fraction of sp³-hybridized carbons (Fsp3) is 0.154. The van der Waals surface area contributed by atoms with Crippen molar-refractivity contribution < 1.29 is 23.4 Å². The average molecular weight is 262 g/mol. The second-order valence-electron chi connectivity index (χ2n) is 3.89. The van der Waals surface area contributed by atoms with Crippen LogP contribution in [0.25, 0.3) is 21.9 Å². The number of rotatable bonds is 2. The van der Waals surface area contributed by atoms with Gasteiger partial charge < -0.3 is 23.4 Å². The van der Waals surface area contributed by atoms with Crippen LogP contribution >= 0.6 is 0 Å². The molecule has 1 aromatic carbocycles. The quantitative estimate of drug-likeness (QED) is 0.713. The highest BCUT2D eigenvalue weighted by atomic mass is 16.5. The second kappa shape index (κ2) is 3.94. The summed E-state index contributed by atoms with van der Waals surface area (Å²) in [5.41, 5.74) is -0.142. The van der Waals surface area contributed by atoms with Crippen LogP contribution in [-0.4, -0.2) is 19.3 Å². The van der Waals surface area contributed by atoms with Gasteiger partial charge in [0.25, 0.3) is 0 Å². The molecular formula is C13H10O6. The van der Waals surface area contributed by atoms with Crippen LogP contribution in [0.5, 0.6) is 17.2 Å². The SMILES string of the molecule is COc1c(O)c(=O)oc2cc3occc3c(OC)c12. The molecule has 0 saturated heterocycles. The number of ether oxygens (including phenoxy) is 2. The molecule has 0 aliphatic heterocycles. The lowest BCUT2D eigenvalue weighted by molar-refractivity contribution is 0.354. The van der Waals surface area contributed by atoms with Crippen molar-refractivity contribution in [2.45, 2.75) is 0 Å². The molecule has 0 aliphatic carbocycles.